The fourth-order valence-electron chi connectivity index (χ4n) is 2.80. The van der Waals surface area contributed by atoms with Crippen LogP contribution in [0.2, 0.25) is 5.02 Å². The third-order valence-corrected chi connectivity index (χ3v) is 6.98. The van der Waals surface area contributed by atoms with Gasteiger partial charge in [0.15, 0.2) is 0 Å². The lowest BCUT2D eigenvalue weighted by molar-refractivity contribution is -0.122. The van der Waals surface area contributed by atoms with Gasteiger partial charge in [0, 0.05) is 26.5 Å². The minimum absolute atomic E-state index is 0.219. The highest BCUT2D eigenvalue weighted by molar-refractivity contribution is 7.90. The molecule has 1 aromatic heterocycles. The van der Waals surface area contributed by atoms with Crippen molar-refractivity contribution in [3.05, 3.63) is 28.1 Å². The fourth-order valence-corrected chi connectivity index (χ4v) is 5.99. The molecular weight excluding hydrogens is 356 g/mol. The molecular formula is C15H17ClN2O3S2. The van der Waals surface area contributed by atoms with Crippen molar-refractivity contribution in [2.45, 2.75) is 37.1 Å². The Labute approximate surface area is 144 Å². The van der Waals surface area contributed by atoms with Crippen LogP contribution in [0.4, 0.5) is 0 Å². The van der Waals surface area contributed by atoms with Crippen molar-refractivity contribution in [1.82, 2.24) is 10.0 Å². The van der Waals surface area contributed by atoms with E-state index in [2.05, 4.69) is 10.0 Å². The van der Waals surface area contributed by atoms with E-state index >= 15 is 0 Å². The fraction of sp³-hybridized carbons (Fsp3) is 0.400. The third kappa shape index (κ3) is 3.38. The number of benzene rings is 1. The number of carbonyl (C=O) groups is 1. The van der Waals surface area contributed by atoms with Crippen LogP contribution in [0.3, 0.4) is 0 Å². The molecule has 1 unspecified atom stereocenters. The van der Waals surface area contributed by atoms with Crippen molar-refractivity contribution >= 4 is 49.0 Å². The number of sulfonamides is 1. The molecule has 1 saturated heterocycles. The zero-order chi connectivity index (χ0) is 16.6. The second-order valence-electron chi connectivity index (χ2n) is 5.59. The molecule has 124 valence electrons. The van der Waals surface area contributed by atoms with Crippen molar-refractivity contribution in [2.24, 2.45) is 0 Å². The molecule has 23 heavy (non-hydrogen) atoms. The molecule has 1 aromatic carbocycles. The van der Waals surface area contributed by atoms with Crippen LogP contribution in [0.1, 0.15) is 24.1 Å². The molecule has 1 amide bonds. The first-order valence-electron chi connectivity index (χ1n) is 7.37. The third-order valence-electron chi connectivity index (χ3n) is 3.87. The van der Waals surface area contributed by atoms with E-state index in [4.69, 9.17) is 11.6 Å². The maximum atomic E-state index is 12.8. The van der Waals surface area contributed by atoms with E-state index in [1.807, 2.05) is 6.07 Å². The number of aryl methyl sites for hydroxylation is 1. The molecule has 3 rings (SSSR count). The zero-order valence-corrected chi connectivity index (χ0v) is 14.9. The van der Waals surface area contributed by atoms with Gasteiger partial charge in [0.1, 0.15) is 10.9 Å². The van der Waals surface area contributed by atoms with Crippen LogP contribution >= 0.6 is 22.9 Å². The number of thiophene rings is 1. The lowest BCUT2D eigenvalue weighted by atomic mass is 10.1. The number of fused-ring (bicyclic) bond motifs is 1. The Morgan fingerprint density at radius 1 is 1.35 bits per heavy atom. The lowest BCUT2D eigenvalue weighted by Crippen LogP contribution is -2.45. The van der Waals surface area contributed by atoms with Crippen molar-refractivity contribution in [1.29, 1.82) is 0 Å². The van der Waals surface area contributed by atoms with Gasteiger partial charge in [-0.2, -0.15) is 4.72 Å². The first-order chi connectivity index (χ1) is 10.9. The van der Waals surface area contributed by atoms with Gasteiger partial charge in [-0.25, -0.2) is 8.42 Å². The molecule has 1 aliphatic rings. The highest BCUT2D eigenvalue weighted by atomic mass is 35.5. The topological polar surface area (TPSA) is 75.3 Å². The molecule has 0 spiro atoms. The molecule has 1 atom stereocenters. The Balaban J connectivity index is 2.01. The molecule has 2 N–H and O–H groups in total. The molecule has 8 heteroatoms. The average Bonchev–Trinajstić information content (AvgIpc) is 2.68. The van der Waals surface area contributed by atoms with Gasteiger partial charge in [0.05, 0.1) is 0 Å². The highest BCUT2D eigenvalue weighted by Gasteiger charge is 2.29. The van der Waals surface area contributed by atoms with Gasteiger partial charge in [-0.3, -0.25) is 4.79 Å². The maximum absolute atomic E-state index is 12.8. The summed E-state index contributed by atoms with van der Waals surface area (Å²) in [6.45, 7) is 2.35. The molecule has 2 aromatic rings. The van der Waals surface area contributed by atoms with Gasteiger partial charge in [0.25, 0.3) is 0 Å². The number of hydrogen-bond acceptors (Lipinski definition) is 4. The number of rotatable bonds is 3. The van der Waals surface area contributed by atoms with Crippen LogP contribution in [-0.2, 0) is 14.8 Å². The Morgan fingerprint density at radius 2 is 2.13 bits per heavy atom. The summed E-state index contributed by atoms with van der Waals surface area (Å²) in [6, 6.07) is 4.48. The van der Waals surface area contributed by atoms with Gasteiger partial charge in [0.2, 0.25) is 15.9 Å². The molecule has 2 heterocycles. The van der Waals surface area contributed by atoms with Gasteiger partial charge in [-0.15, -0.1) is 11.3 Å². The van der Waals surface area contributed by atoms with Crippen LogP contribution in [-0.4, -0.2) is 26.9 Å². The first kappa shape index (κ1) is 16.7. The van der Waals surface area contributed by atoms with E-state index in [0.29, 0.717) is 28.3 Å². The number of nitrogens with one attached hydrogen (secondary N) is 2. The van der Waals surface area contributed by atoms with Crippen LogP contribution in [0.15, 0.2) is 23.1 Å². The van der Waals surface area contributed by atoms with E-state index < -0.39 is 16.1 Å². The normalized spacial score (nSPS) is 19.6. The van der Waals surface area contributed by atoms with Crippen LogP contribution in [0, 0.1) is 6.92 Å². The molecule has 0 bridgehead atoms. The molecule has 5 nitrogen and oxygen atoms in total. The van der Waals surface area contributed by atoms with E-state index in [1.165, 1.54) is 11.3 Å². The summed E-state index contributed by atoms with van der Waals surface area (Å²) < 4.78 is 29.1. The quantitative estimate of drug-likeness (QED) is 0.869. The predicted octanol–water partition coefficient (Wildman–Crippen LogP) is 2.81. The summed E-state index contributed by atoms with van der Waals surface area (Å²) in [5.41, 5.74) is 0. The van der Waals surface area contributed by atoms with E-state index in [-0.39, 0.29) is 10.8 Å². The Kier molecular flexibility index (Phi) is 4.64. The summed E-state index contributed by atoms with van der Waals surface area (Å²) >= 11 is 7.41. The van der Waals surface area contributed by atoms with Crippen molar-refractivity contribution in [2.75, 3.05) is 6.54 Å². The van der Waals surface area contributed by atoms with Gasteiger partial charge in [-0.1, -0.05) is 11.6 Å². The number of hydrogen-bond donors (Lipinski definition) is 2. The Bertz CT molecular complexity index is 861. The Morgan fingerprint density at radius 3 is 2.91 bits per heavy atom. The van der Waals surface area contributed by atoms with Crippen LogP contribution in [0.25, 0.3) is 10.1 Å². The van der Waals surface area contributed by atoms with Gasteiger partial charge in [-0.05, 0) is 44.4 Å². The van der Waals surface area contributed by atoms with Crippen LogP contribution < -0.4 is 10.0 Å². The largest absolute Gasteiger partial charge is 0.355 e. The molecule has 0 aliphatic carbocycles. The van der Waals surface area contributed by atoms with Crippen LogP contribution in [0.5, 0.6) is 0 Å². The predicted molar refractivity (Wildman–Crippen MR) is 92.5 cm³/mol. The SMILES string of the molecule is Cc1sc2ccc(Cl)cc2c1S(=O)(=O)NC1CCCCNC1=O. The molecule has 1 aliphatic heterocycles. The minimum Gasteiger partial charge on any atom is -0.355 e. The summed E-state index contributed by atoms with van der Waals surface area (Å²) in [5.74, 6) is -0.263. The molecule has 1 fully saturated rings. The highest BCUT2D eigenvalue weighted by Crippen LogP contribution is 2.35. The van der Waals surface area contributed by atoms with E-state index in [1.54, 1.807) is 19.1 Å². The standard InChI is InChI=1S/C15H17ClN2O3S2/c1-9-14(11-8-10(16)5-6-13(11)22-9)23(20,21)18-12-4-2-3-7-17-15(12)19/h5-6,8,12,18H,2-4,7H2,1H3,(H,17,19). The zero-order valence-electron chi connectivity index (χ0n) is 12.6. The second kappa shape index (κ2) is 6.39. The summed E-state index contributed by atoms with van der Waals surface area (Å²) in [6.07, 6.45) is 2.17. The van der Waals surface area contributed by atoms with E-state index in [9.17, 15) is 13.2 Å². The molecule has 0 radical (unpaired) electrons. The number of halogens is 1. The second-order valence-corrected chi connectivity index (χ2v) is 8.93. The van der Waals surface area contributed by atoms with Crippen molar-refractivity contribution < 1.29 is 13.2 Å². The Hall–Kier alpha value is -1.15. The smallest absolute Gasteiger partial charge is 0.243 e. The summed E-state index contributed by atoms with van der Waals surface area (Å²) in [4.78, 5) is 12.9. The van der Waals surface area contributed by atoms with E-state index in [0.717, 1.165) is 17.5 Å². The summed E-state index contributed by atoms with van der Waals surface area (Å²) in [7, 11) is -3.80. The lowest BCUT2D eigenvalue weighted by Gasteiger charge is -2.15. The summed E-state index contributed by atoms with van der Waals surface area (Å²) in [5, 5.41) is 3.82. The average molecular weight is 373 g/mol. The van der Waals surface area contributed by atoms with Gasteiger partial charge < -0.3 is 5.32 Å². The number of amides is 1. The first-order valence-corrected chi connectivity index (χ1v) is 10.0. The van der Waals surface area contributed by atoms with Crippen molar-refractivity contribution in [3.8, 4) is 0 Å². The maximum Gasteiger partial charge on any atom is 0.243 e. The monoisotopic (exact) mass is 372 g/mol. The van der Waals surface area contributed by atoms with Gasteiger partial charge >= 0.3 is 0 Å². The minimum atomic E-state index is -3.80. The van der Waals surface area contributed by atoms with Crippen molar-refractivity contribution in [3.63, 3.8) is 0 Å². The number of carbonyl (C=O) groups excluding carboxylic acids is 1. The molecule has 0 saturated carbocycles.